The fraction of sp³-hybridized carbons (Fsp3) is 0.533. The molecule has 184 valence electrons. The van der Waals surface area contributed by atoms with Gasteiger partial charge in [0.05, 0.1) is 0 Å². The van der Waals surface area contributed by atoms with Crippen molar-refractivity contribution in [2.24, 2.45) is 11.8 Å². The van der Waals surface area contributed by atoms with Crippen LogP contribution in [-0.2, 0) is 6.42 Å². The molecule has 0 N–H and O–H groups in total. The van der Waals surface area contributed by atoms with E-state index in [1.165, 1.54) is 69.8 Å². The van der Waals surface area contributed by atoms with Crippen LogP contribution in [0.4, 0.5) is 17.6 Å². The molecule has 2 aromatic rings. The number of rotatable bonds is 9. The third kappa shape index (κ3) is 5.93. The van der Waals surface area contributed by atoms with E-state index in [9.17, 15) is 13.2 Å². The van der Waals surface area contributed by atoms with E-state index >= 15 is 4.39 Å². The fourth-order valence-corrected chi connectivity index (χ4v) is 5.79. The summed E-state index contributed by atoms with van der Waals surface area (Å²) in [7, 11) is 0. The zero-order chi connectivity index (χ0) is 24.1. The molecule has 0 spiro atoms. The van der Waals surface area contributed by atoms with Gasteiger partial charge in [0.15, 0.2) is 17.5 Å². The number of unbranched alkanes of at least 4 members (excludes halogenated alkanes) is 3. The van der Waals surface area contributed by atoms with E-state index in [0.717, 1.165) is 42.4 Å². The van der Waals surface area contributed by atoms with Crippen LogP contribution >= 0.6 is 0 Å². The minimum Gasteiger partial charge on any atom is -0.206 e. The summed E-state index contributed by atoms with van der Waals surface area (Å²) < 4.78 is 55.8. The van der Waals surface area contributed by atoms with Crippen molar-refractivity contribution >= 4 is 6.08 Å². The van der Waals surface area contributed by atoms with Crippen molar-refractivity contribution in [3.8, 4) is 11.1 Å². The zero-order valence-electron chi connectivity index (χ0n) is 20.2. The summed E-state index contributed by atoms with van der Waals surface area (Å²) in [5.41, 5.74) is 2.92. The summed E-state index contributed by atoms with van der Waals surface area (Å²) in [6.07, 6.45) is 18.0. The zero-order valence-corrected chi connectivity index (χ0v) is 20.2. The summed E-state index contributed by atoms with van der Waals surface area (Å²) >= 11 is 0. The van der Waals surface area contributed by atoms with E-state index in [2.05, 4.69) is 13.0 Å². The molecule has 0 unspecified atom stereocenters. The Labute approximate surface area is 201 Å². The first kappa shape index (κ1) is 25.0. The van der Waals surface area contributed by atoms with Gasteiger partial charge in [0, 0.05) is 5.56 Å². The molecule has 1 fully saturated rings. The van der Waals surface area contributed by atoms with Gasteiger partial charge < -0.3 is 0 Å². The van der Waals surface area contributed by atoms with E-state index in [4.69, 9.17) is 0 Å². The summed E-state index contributed by atoms with van der Waals surface area (Å²) in [6.45, 7) is 2.26. The van der Waals surface area contributed by atoms with Crippen LogP contribution in [0.2, 0.25) is 0 Å². The van der Waals surface area contributed by atoms with Gasteiger partial charge in [0.25, 0.3) is 0 Å². The van der Waals surface area contributed by atoms with Gasteiger partial charge in [-0.1, -0.05) is 88.5 Å². The predicted octanol–water partition coefficient (Wildman–Crippen LogP) is 9.80. The van der Waals surface area contributed by atoms with Gasteiger partial charge in [-0.2, -0.15) is 0 Å². The maximum absolute atomic E-state index is 15.2. The highest BCUT2D eigenvalue weighted by Crippen LogP contribution is 2.38. The highest BCUT2D eigenvalue weighted by molar-refractivity contribution is 5.70. The van der Waals surface area contributed by atoms with Crippen molar-refractivity contribution in [3.63, 3.8) is 0 Å². The first-order valence-electron chi connectivity index (χ1n) is 13.1. The lowest BCUT2D eigenvalue weighted by Crippen LogP contribution is -2.15. The molecule has 1 saturated carbocycles. The molecule has 0 aliphatic heterocycles. The minimum atomic E-state index is -1.53. The Morgan fingerprint density at radius 1 is 0.765 bits per heavy atom. The molecule has 34 heavy (non-hydrogen) atoms. The summed E-state index contributed by atoms with van der Waals surface area (Å²) in [5.74, 6) is -2.88. The maximum Gasteiger partial charge on any atom is 0.194 e. The Hall–Kier alpha value is -2.10. The first-order chi connectivity index (χ1) is 16.5. The number of benzene rings is 2. The molecular formula is C30H36F4. The lowest BCUT2D eigenvalue weighted by Gasteiger charge is -2.29. The summed E-state index contributed by atoms with van der Waals surface area (Å²) in [5, 5.41) is 0. The van der Waals surface area contributed by atoms with Crippen molar-refractivity contribution in [1.29, 1.82) is 0 Å². The predicted molar refractivity (Wildman–Crippen MR) is 131 cm³/mol. The van der Waals surface area contributed by atoms with Crippen molar-refractivity contribution in [1.82, 2.24) is 0 Å². The topological polar surface area (TPSA) is 0 Å². The number of halogens is 4. The smallest absolute Gasteiger partial charge is 0.194 e. The average Bonchev–Trinajstić information content (AvgIpc) is 2.84. The van der Waals surface area contributed by atoms with Gasteiger partial charge >= 0.3 is 0 Å². The van der Waals surface area contributed by atoms with E-state index in [0.29, 0.717) is 12.0 Å². The molecule has 4 rings (SSSR count). The third-order valence-electron chi connectivity index (χ3n) is 7.94. The molecule has 2 aliphatic carbocycles. The van der Waals surface area contributed by atoms with Crippen LogP contribution in [0.5, 0.6) is 0 Å². The van der Waals surface area contributed by atoms with Gasteiger partial charge in [0.2, 0.25) is 0 Å². The van der Waals surface area contributed by atoms with E-state index in [1.807, 2.05) is 6.07 Å². The average molecular weight is 473 g/mol. The highest BCUT2D eigenvalue weighted by Gasteiger charge is 2.23. The Bertz CT molecular complexity index is 992. The molecule has 0 heterocycles. The standard InChI is InChI=1S/C30H36F4/c1-2-3-4-5-6-20-7-9-21(10-8-20)11-12-22-13-15-25-23(17-22)14-16-26(29(25)33)24-18-27(31)30(34)28(32)19-24/h14,16-21H,2-13,15H2,1H3. The monoisotopic (exact) mass is 472 g/mol. The molecule has 2 aromatic carbocycles. The molecule has 0 bridgehead atoms. The number of hydrogen-bond donors (Lipinski definition) is 0. The largest absolute Gasteiger partial charge is 0.206 e. The normalized spacial score (nSPS) is 20.2. The van der Waals surface area contributed by atoms with Gasteiger partial charge in [-0.15, -0.1) is 0 Å². The lowest BCUT2D eigenvalue weighted by atomic mass is 9.77. The van der Waals surface area contributed by atoms with Crippen LogP contribution in [0.15, 0.2) is 29.8 Å². The van der Waals surface area contributed by atoms with Gasteiger partial charge in [0.1, 0.15) is 5.82 Å². The second-order valence-electron chi connectivity index (χ2n) is 10.3. The Morgan fingerprint density at radius 2 is 1.44 bits per heavy atom. The van der Waals surface area contributed by atoms with Crippen molar-refractivity contribution in [3.05, 3.63) is 64.2 Å². The van der Waals surface area contributed by atoms with Crippen LogP contribution < -0.4 is 0 Å². The Kier molecular flexibility index (Phi) is 8.50. The quantitative estimate of drug-likeness (QED) is 0.193. The number of hydrogen-bond acceptors (Lipinski definition) is 0. The fourth-order valence-electron chi connectivity index (χ4n) is 5.79. The molecule has 0 radical (unpaired) electrons. The molecule has 0 nitrogen and oxygen atoms in total. The Morgan fingerprint density at radius 3 is 2.12 bits per heavy atom. The van der Waals surface area contributed by atoms with Gasteiger partial charge in [-0.05, 0) is 66.3 Å². The lowest BCUT2D eigenvalue weighted by molar-refractivity contribution is 0.248. The van der Waals surface area contributed by atoms with Crippen LogP contribution in [0.1, 0.15) is 95.1 Å². The third-order valence-corrected chi connectivity index (χ3v) is 7.94. The molecule has 0 aromatic heterocycles. The SMILES string of the molecule is CCCCCCC1CCC(CCC2=Cc3ccc(-c4cc(F)c(F)c(F)c4)c(F)c3CC2)CC1. The Balaban J connectivity index is 1.34. The van der Waals surface area contributed by atoms with Crippen LogP contribution in [0, 0.1) is 35.1 Å². The van der Waals surface area contributed by atoms with Crippen molar-refractivity contribution in [2.75, 3.05) is 0 Å². The van der Waals surface area contributed by atoms with Crippen LogP contribution in [-0.4, -0.2) is 0 Å². The molecular weight excluding hydrogens is 436 g/mol. The molecule has 0 atom stereocenters. The second kappa shape index (κ2) is 11.6. The molecule has 2 aliphatic rings. The minimum absolute atomic E-state index is 0.0208. The van der Waals surface area contributed by atoms with Crippen molar-refractivity contribution < 1.29 is 17.6 Å². The molecule has 4 heteroatoms. The first-order valence-corrected chi connectivity index (χ1v) is 13.1. The molecule has 0 amide bonds. The van der Waals surface area contributed by atoms with E-state index in [-0.39, 0.29) is 11.1 Å². The van der Waals surface area contributed by atoms with E-state index in [1.54, 1.807) is 6.07 Å². The van der Waals surface area contributed by atoms with Gasteiger partial charge in [-0.3, -0.25) is 0 Å². The van der Waals surface area contributed by atoms with Gasteiger partial charge in [-0.25, -0.2) is 17.6 Å². The van der Waals surface area contributed by atoms with E-state index < -0.39 is 23.3 Å². The molecule has 0 saturated heterocycles. The van der Waals surface area contributed by atoms with Crippen LogP contribution in [0.3, 0.4) is 0 Å². The second-order valence-corrected chi connectivity index (χ2v) is 10.3. The van der Waals surface area contributed by atoms with Crippen molar-refractivity contribution in [2.45, 2.75) is 90.4 Å². The number of fused-ring (bicyclic) bond motifs is 1. The summed E-state index contributed by atoms with van der Waals surface area (Å²) in [6, 6.07) is 5.07. The van der Waals surface area contributed by atoms with Crippen LogP contribution in [0.25, 0.3) is 17.2 Å². The number of allylic oxidation sites excluding steroid dienone is 1. The maximum atomic E-state index is 15.2. The highest BCUT2D eigenvalue weighted by atomic mass is 19.2. The summed E-state index contributed by atoms with van der Waals surface area (Å²) in [4.78, 5) is 0.